The molecule has 2 heterocycles. The van der Waals surface area contributed by atoms with Gasteiger partial charge in [-0.25, -0.2) is 4.68 Å². The smallest absolute Gasteiger partial charge is 0.333 e. The van der Waals surface area contributed by atoms with Crippen molar-refractivity contribution in [3.63, 3.8) is 0 Å². The first-order valence-corrected chi connectivity index (χ1v) is 6.16. The third-order valence-corrected chi connectivity index (χ3v) is 3.76. The van der Waals surface area contributed by atoms with Gasteiger partial charge in [0, 0.05) is 25.2 Å². The Balaban J connectivity index is 2.08. The van der Waals surface area contributed by atoms with Crippen LogP contribution in [0.15, 0.2) is 12.3 Å². The molecule has 0 aliphatic carbocycles. The van der Waals surface area contributed by atoms with Crippen molar-refractivity contribution in [1.29, 1.82) is 0 Å². The second-order valence-electron chi connectivity index (χ2n) is 5.22. The maximum Gasteiger partial charge on any atom is 0.333 e. The summed E-state index contributed by atoms with van der Waals surface area (Å²) in [5.41, 5.74) is -0.784. The van der Waals surface area contributed by atoms with Crippen molar-refractivity contribution in [1.82, 2.24) is 14.7 Å². The largest absolute Gasteiger partial charge is 0.390 e. The first-order valence-electron chi connectivity index (χ1n) is 6.16. The van der Waals surface area contributed by atoms with Crippen LogP contribution < -0.4 is 0 Å². The van der Waals surface area contributed by atoms with Gasteiger partial charge >= 0.3 is 6.55 Å². The monoisotopic (exact) mass is 273 g/mol. The lowest BCUT2D eigenvalue weighted by Crippen LogP contribution is -2.50. The van der Waals surface area contributed by atoms with E-state index in [2.05, 4.69) is 5.10 Å². The van der Waals surface area contributed by atoms with Crippen molar-refractivity contribution in [3.8, 4) is 0 Å². The number of rotatable bonds is 2. The summed E-state index contributed by atoms with van der Waals surface area (Å²) in [6, 6.07) is 1.28. The summed E-state index contributed by atoms with van der Waals surface area (Å²) in [5.74, 6) is -0.441. The van der Waals surface area contributed by atoms with Crippen LogP contribution >= 0.6 is 0 Å². The van der Waals surface area contributed by atoms with E-state index in [4.69, 9.17) is 0 Å². The zero-order chi connectivity index (χ0) is 14.2. The van der Waals surface area contributed by atoms with Gasteiger partial charge in [-0.15, -0.1) is 0 Å². The van der Waals surface area contributed by atoms with Crippen molar-refractivity contribution in [2.75, 3.05) is 13.1 Å². The van der Waals surface area contributed by atoms with Crippen LogP contribution in [0, 0.1) is 5.92 Å². The summed E-state index contributed by atoms with van der Waals surface area (Å²) in [4.78, 5) is 13.7. The number of carbonyl (C=O) groups is 1. The molecule has 5 nitrogen and oxygen atoms in total. The standard InChI is InChI=1S/C12H17F2N3O2/c1-8-7-16(6-4-12(8,2)19)10(18)9-3-5-17(15-9)11(13)14/h3,5,8,11,19H,4,6-7H2,1-2H3. The lowest BCUT2D eigenvalue weighted by atomic mass is 9.84. The summed E-state index contributed by atoms with van der Waals surface area (Å²) in [7, 11) is 0. The topological polar surface area (TPSA) is 58.4 Å². The van der Waals surface area contributed by atoms with Crippen LogP contribution in [0.4, 0.5) is 8.78 Å². The van der Waals surface area contributed by atoms with Gasteiger partial charge in [0.1, 0.15) is 0 Å². The van der Waals surface area contributed by atoms with Gasteiger partial charge in [-0.2, -0.15) is 13.9 Å². The van der Waals surface area contributed by atoms with E-state index in [1.54, 1.807) is 11.8 Å². The zero-order valence-corrected chi connectivity index (χ0v) is 10.9. The fourth-order valence-electron chi connectivity index (χ4n) is 2.13. The predicted molar refractivity (Wildman–Crippen MR) is 63.8 cm³/mol. The van der Waals surface area contributed by atoms with E-state index in [9.17, 15) is 18.7 Å². The number of aromatic nitrogens is 2. The molecule has 19 heavy (non-hydrogen) atoms. The summed E-state index contributed by atoms with van der Waals surface area (Å²) >= 11 is 0. The Hall–Kier alpha value is -1.50. The number of halogens is 2. The molecule has 1 saturated heterocycles. The minimum Gasteiger partial charge on any atom is -0.390 e. The highest BCUT2D eigenvalue weighted by molar-refractivity contribution is 5.92. The Morgan fingerprint density at radius 1 is 1.63 bits per heavy atom. The predicted octanol–water partition coefficient (Wildman–Crippen LogP) is 1.51. The van der Waals surface area contributed by atoms with E-state index < -0.39 is 12.2 Å². The first kappa shape index (κ1) is 13.9. The summed E-state index contributed by atoms with van der Waals surface area (Å²) in [6.45, 7) is 1.65. The molecule has 2 unspecified atom stereocenters. The van der Waals surface area contributed by atoms with Gasteiger partial charge in [0.2, 0.25) is 0 Å². The third kappa shape index (κ3) is 2.75. The maximum absolute atomic E-state index is 12.4. The number of aliphatic hydroxyl groups is 1. The van der Waals surface area contributed by atoms with Crippen molar-refractivity contribution in [2.24, 2.45) is 5.92 Å². The van der Waals surface area contributed by atoms with Crippen LogP contribution in [0.5, 0.6) is 0 Å². The molecule has 0 aromatic carbocycles. The van der Waals surface area contributed by atoms with E-state index >= 15 is 0 Å². The average Bonchev–Trinajstić information content (AvgIpc) is 2.81. The molecule has 1 aliphatic rings. The number of amides is 1. The fraction of sp³-hybridized carbons (Fsp3) is 0.667. The van der Waals surface area contributed by atoms with Crippen LogP contribution in [0.25, 0.3) is 0 Å². The molecule has 1 fully saturated rings. The Kier molecular flexibility index (Phi) is 3.58. The number of piperidine rings is 1. The lowest BCUT2D eigenvalue weighted by molar-refractivity contribution is -0.0441. The maximum atomic E-state index is 12.4. The zero-order valence-electron chi connectivity index (χ0n) is 10.9. The third-order valence-electron chi connectivity index (χ3n) is 3.76. The van der Waals surface area contributed by atoms with Gasteiger partial charge in [-0.3, -0.25) is 4.79 Å². The van der Waals surface area contributed by atoms with Crippen LogP contribution in [0.2, 0.25) is 0 Å². The molecule has 1 amide bonds. The Morgan fingerprint density at radius 2 is 2.32 bits per heavy atom. The summed E-state index contributed by atoms with van der Waals surface area (Å²) in [6.07, 6.45) is 1.55. The van der Waals surface area contributed by atoms with E-state index in [0.29, 0.717) is 24.2 Å². The summed E-state index contributed by atoms with van der Waals surface area (Å²) in [5, 5.41) is 13.6. The number of alkyl halides is 2. The van der Waals surface area contributed by atoms with E-state index in [0.717, 1.165) is 6.20 Å². The number of hydrogen-bond donors (Lipinski definition) is 1. The van der Waals surface area contributed by atoms with Gasteiger partial charge in [0.25, 0.3) is 5.91 Å². The molecule has 106 valence electrons. The van der Waals surface area contributed by atoms with Gasteiger partial charge < -0.3 is 10.0 Å². The van der Waals surface area contributed by atoms with Crippen LogP contribution in [-0.4, -0.2) is 44.4 Å². The molecule has 1 aromatic heterocycles. The Morgan fingerprint density at radius 3 is 2.84 bits per heavy atom. The molecule has 0 radical (unpaired) electrons. The van der Waals surface area contributed by atoms with Gasteiger partial charge in [-0.1, -0.05) is 6.92 Å². The SMILES string of the molecule is CC1CN(C(=O)c2ccn(C(F)F)n2)CCC1(C)O. The van der Waals surface area contributed by atoms with E-state index in [1.165, 1.54) is 6.07 Å². The normalized spacial score (nSPS) is 27.9. The molecule has 1 aromatic rings. The molecular weight excluding hydrogens is 256 g/mol. The molecule has 1 N–H and O–H groups in total. The van der Waals surface area contributed by atoms with E-state index in [-0.39, 0.29) is 17.5 Å². The highest BCUT2D eigenvalue weighted by Crippen LogP contribution is 2.27. The molecule has 1 aliphatic heterocycles. The lowest BCUT2D eigenvalue weighted by Gasteiger charge is -2.40. The molecular formula is C12H17F2N3O2. The molecule has 2 rings (SSSR count). The summed E-state index contributed by atoms with van der Waals surface area (Å²) < 4.78 is 25.2. The first-order chi connectivity index (χ1) is 8.81. The van der Waals surface area contributed by atoms with Gasteiger partial charge in [-0.05, 0) is 19.4 Å². The van der Waals surface area contributed by atoms with Crippen molar-refractivity contribution >= 4 is 5.91 Å². The quantitative estimate of drug-likeness (QED) is 0.888. The number of nitrogens with zero attached hydrogens (tertiary/aromatic N) is 3. The van der Waals surface area contributed by atoms with Crippen molar-refractivity contribution < 1.29 is 18.7 Å². The Bertz CT molecular complexity index is 473. The van der Waals surface area contributed by atoms with Crippen molar-refractivity contribution in [3.05, 3.63) is 18.0 Å². The van der Waals surface area contributed by atoms with E-state index in [1.807, 2.05) is 6.92 Å². The molecule has 0 bridgehead atoms. The Labute approximate surface area is 109 Å². The minimum atomic E-state index is -2.75. The molecule has 0 spiro atoms. The minimum absolute atomic E-state index is 0.00837. The van der Waals surface area contributed by atoms with Crippen molar-refractivity contribution in [2.45, 2.75) is 32.4 Å². The van der Waals surface area contributed by atoms with Crippen LogP contribution in [0.3, 0.4) is 0 Å². The second-order valence-corrected chi connectivity index (χ2v) is 5.22. The molecule has 7 heteroatoms. The number of hydrogen-bond acceptors (Lipinski definition) is 3. The fourth-order valence-corrected chi connectivity index (χ4v) is 2.13. The highest BCUT2D eigenvalue weighted by Gasteiger charge is 2.36. The average molecular weight is 273 g/mol. The van der Waals surface area contributed by atoms with Crippen LogP contribution in [0.1, 0.15) is 37.3 Å². The van der Waals surface area contributed by atoms with Gasteiger partial charge in [0.15, 0.2) is 5.69 Å². The van der Waals surface area contributed by atoms with Crippen LogP contribution in [-0.2, 0) is 0 Å². The number of likely N-dealkylation sites (tertiary alicyclic amines) is 1. The number of carbonyl (C=O) groups excluding carboxylic acids is 1. The molecule has 2 atom stereocenters. The van der Waals surface area contributed by atoms with Gasteiger partial charge in [0.05, 0.1) is 5.60 Å². The molecule has 0 saturated carbocycles. The second kappa shape index (κ2) is 4.88. The highest BCUT2D eigenvalue weighted by atomic mass is 19.3.